The fraction of sp³-hybridized carbons (Fsp3) is 0.370. The Hall–Kier alpha value is -3.42. The van der Waals surface area contributed by atoms with Gasteiger partial charge in [0.15, 0.2) is 0 Å². The molecule has 3 aromatic rings. The van der Waals surface area contributed by atoms with Crippen molar-refractivity contribution in [3.8, 4) is 5.75 Å². The lowest BCUT2D eigenvalue weighted by Gasteiger charge is -2.36. The molecule has 35 heavy (non-hydrogen) atoms. The third kappa shape index (κ3) is 5.01. The summed E-state index contributed by atoms with van der Waals surface area (Å²) in [5, 5.41) is 0.982. The summed E-state index contributed by atoms with van der Waals surface area (Å²) in [6.45, 7) is 9.98. The molecule has 0 bridgehead atoms. The van der Waals surface area contributed by atoms with Crippen LogP contribution in [0.15, 0.2) is 47.1 Å². The van der Waals surface area contributed by atoms with E-state index < -0.39 is 11.7 Å². The van der Waals surface area contributed by atoms with Crippen LogP contribution in [0.4, 0.5) is 18.9 Å². The molecule has 0 saturated carbocycles. The van der Waals surface area contributed by atoms with Crippen molar-refractivity contribution in [1.29, 1.82) is 0 Å². The number of hydrogen-bond acceptors (Lipinski definition) is 4. The molecule has 2 heterocycles. The lowest BCUT2D eigenvalue weighted by Crippen LogP contribution is -2.48. The molecule has 1 fully saturated rings. The normalized spacial score (nSPS) is 15.1. The monoisotopic (exact) mass is 486 g/mol. The van der Waals surface area contributed by atoms with Gasteiger partial charge in [0.25, 0.3) is 0 Å². The standard InChI is InChI=1S/C27H29F3N2O3/c1-5-34-25-19(4)26-23(18(3)16-35-26)15-22(25)17(2)13-24(33)32-11-9-31(10-12-32)21-8-6-7-20(14-21)27(28,29)30/h6-8,13-16H,5,9-12H2,1-4H3/b17-13+. The minimum atomic E-state index is -4.38. The predicted octanol–water partition coefficient (Wildman–Crippen LogP) is 6.22. The Morgan fingerprint density at radius 1 is 1.14 bits per heavy atom. The third-order valence-electron chi connectivity index (χ3n) is 6.42. The number of allylic oxidation sites excluding steroid dienone is 1. The first-order valence-electron chi connectivity index (χ1n) is 11.6. The zero-order valence-corrected chi connectivity index (χ0v) is 20.3. The number of fused-ring (bicyclic) bond motifs is 1. The molecule has 1 aromatic heterocycles. The first kappa shape index (κ1) is 24.7. The van der Waals surface area contributed by atoms with Crippen molar-refractivity contribution in [2.24, 2.45) is 0 Å². The molecule has 2 aromatic carbocycles. The molecule has 0 N–H and O–H groups in total. The zero-order valence-electron chi connectivity index (χ0n) is 20.3. The molecule has 8 heteroatoms. The fourth-order valence-corrected chi connectivity index (χ4v) is 4.48. The molecule has 0 aliphatic carbocycles. The topological polar surface area (TPSA) is 45.9 Å². The van der Waals surface area contributed by atoms with Crippen LogP contribution in [0.2, 0.25) is 0 Å². The van der Waals surface area contributed by atoms with Crippen molar-refractivity contribution in [3.05, 3.63) is 64.9 Å². The van der Waals surface area contributed by atoms with Crippen molar-refractivity contribution in [1.82, 2.24) is 4.90 Å². The number of furan rings is 1. The molecule has 0 spiro atoms. The van der Waals surface area contributed by atoms with Gasteiger partial charge < -0.3 is 19.0 Å². The number of hydrogen-bond donors (Lipinski definition) is 0. The number of ether oxygens (including phenoxy) is 1. The van der Waals surface area contributed by atoms with Crippen LogP contribution in [0.25, 0.3) is 16.5 Å². The number of alkyl halides is 3. The van der Waals surface area contributed by atoms with Gasteiger partial charge in [0, 0.05) is 54.5 Å². The smallest absolute Gasteiger partial charge is 0.416 e. The molecule has 5 nitrogen and oxygen atoms in total. The second-order valence-electron chi connectivity index (χ2n) is 8.79. The van der Waals surface area contributed by atoms with Crippen molar-refractivity contribution in [3.63, 3.8) is 0 Å². The summed E-state index contributed by atoms with van der Waals surface area (Å²) in [6.07, 6.45) is -1.06. The van der Waals surface area contributed by atoms with Crippen LogP contribution >= 0.6 is 0 Å². The molecule has 0 unspecified atom stereocenters. The number of piperazine rings is 1. The van der Waals surface area contributed by atoms with Gasteiger partial charge in [-0.15, -0.1) is 0 Å². The molecule has 1 aliphatic rings. The predicted molar refractivity (Wildman–Crippen MR) is 131 cm³/mol. The number of benzene rings is 2. The summed E-state index contributed by atoms with van der Waals surface area (Å²) in [4.78, 5) is 16.7. The Labute approximate surface area is 202 Å². The van der Waals surface area contributed by atoms with Crippen LogP contribution in [0.5, 0.6) is 5.75 Å². The Bertz CT molecular complexity index is 1270. The van der Waals surface area contributed by atoms with Gasteiger partial charge in [0.05, 0.1) is 18.4 Å². The maximum absolute atomic E-state index is 13.1. The Morgan fingerprint density at radius 3 is 2.51 bits per heavy atom. The van der Waals surface area contributed by atoms with E-state index in [4.69, 9.17) is 9.15 Å². The number of anilines is 1. The van der Waals surface area contributed by atoms with E-state index in [2.05, 4.69) is 0 Å². The first-order chi connectivity index (χ1) is 16.6. The lowest BCUT2D eigenvalue weighted by atomic mass is 9.98. The summed E-state index contributed by atoms with van der Waals surface area (Å²) in [7, 11) is 0. The Kier molecular flexibility index (Phi) is 6.83. The number of halogens is 3. The largest absolute Gasteiger partial charge is 0.493 e. The van der Waals surface area contributed by atoms with E-state index >= 15 is 0 Å². The molecule has 4 rings (SSSR count). The minimum Gasteiger partial charge on any atom is -0.493 e. The highest BCUT2D eigenvalue weighted by Gasteiger charge is 2.31. The van der Waals surface area contributed by atoms with Gasteiger partial charge in [-0.25, -0.2) is 0 Å². The van der Waals surface area contributed by atoms with Crippen LogP contribution in [0.3, 0.4) is 0 Å². The number of nitrogens with zero attached hydrogens (tertiary/aromatic N) is 2. The van der Waals surface area contributed by atoms with Crippen molar-refractivity contribution in [2.45, 2.75) is 33.9 Å². The van der Waals surface area contributed by atoms with Gasteiger partial charge in [-0.05, 0) is 63.1 Å². The number of carbonyl (C=O) groups is 1. The van der Waals surface area contributed by atoms with E-state index in [-0.39, 0.29) is 5.91 Å². The maximum atomic E-state index is 13.1. The molecule has 1 saturated heterocycles. The quantitative estimate of drug-likeness (QED) is 0.402. The summed E-state index contributed by atoms with van der Waals surface area (Å²) in [5.41, 5.74) is 4.15. The van der Waals surface area contributed by atoms with E-state index in [9.17, 15) is 18.0 Å². The van der Waals surface area contributed by atoms with Gasteiger partial charge in [0.1, 0.15) is 11.3 Å². The SMILES string of the molecule is CCOc1c(/C(C)=C/C(=O)N2CCN(c3cccc(C(F)(F)F)c3)CC2)cc2c(C)coc2c1C. The second kappa shape index (κ2) is 9.68. The van der Waals surface area contributed by atoms with Crippen molar-refractivity contribution in [2.75, 3.05) is 37.7 Å². The van der Waals surface area contributed by atoms with Gasteiger partial charge >= 0.3 is 6.18 Å². The third-order valence-corrected chi connectivity index (χ3v) is 6.42. The Morgan fingerprint density at radius 2 is 1.86 bits per heavy atom. The summed E-state index contributed by atoms with van der Waals surface area (Å²) < 4.78 is 50.8. The highest BCUT2D eigenvalue weighted by atomic mass is 19.4. The van der Waals surface area contributed by atoms with E-state index in [1.807, 2.05) is 38.7 Å². The van der Waals surface area contributed by atoms with E-state index in [0.29, 0.717) is 44.2 Å². The average Bonchev–Trinajstić information content (AvgIpc) is 3.21. The number of aryl methyl sites for hydroxylation is 2. The van der Waals surface area contributed by atoms with E-state index in [1.165, 1.54) is 6.07 Å². The zero-order chi connectivity index (χ0) is 25.3. The van der Waals surface area contributed by atoms with E-state index in [1.54, 1.807) is 23.3 Å². The summed E-state index contributed by atoms with van der Waals surface area (Å²) >= 11 is 0. The number of rotatable bonds is 5. The van der Waals surface area contributed by atoms with Gasteiger partial charge in [-0.1, -0.05) is 6.07 Å². The van der Waals surface area contributed by atoms with Crippen molar-refractivity contribution >= 4 is 28.1 Å². The summed E-state index contributed by atoms with van der Waals surface area (Å²) in [6, 6.07) is 7.31. The van der Waals surface area contributed by atoms with E-state index in [0.717, 1.165) is 45.4 Å². The van der Waals surface area contributed by atoms with Crippen LogP contribution < -0.4 is 9.64 Å². The number of amides is 1. The number of carbonyl (C=O) groups excluding carboxylic acids is 1. The van der Waals surface area contributed by atoms with Gasteiger partial charge in [-0.2, -0.15) is 13.2 Å². The average molecular weight is 487 g/mol. The minimum absolute atomic E-state index is 0.129. The van der Waals surface area contributed by atoms with Crippen LogP contribution in [0, 0.1) is 13.8 Å². The van der Waals surface area contributed by atoms with Gasteiger partial charge in [-0.3, -0.25) is 4.79 Å². The molecule has 1 aliphatic heterocycles. The molecule has 0 atom stereocenters. The van der Waals surface area contributed by atoms with Crippen molar-refractivity contribution < 1.29 is 27.1 Å². The maximum Gasteiger partial charge on any atom is 0.416 e. The fourth-order valence-electron chi connectivity index (χ4n) is 4.48. The molecular weight excluding hydrogens is 457 g/mol. The molecular formula is C27H29F3N2O3. The van der Waals surface area contributed by atoms with Gasteiger partial charge in [0.2, 0.25) is 5.91 Å². The highest BCUT2D eigenvalue weighted by molar-refractivity contribution is 5.98. The highest BCUT2D eigenvalue weighted by Crippen LogP contribution is 2.38. The molecule has 1 amide bonds. The lowest BCUT2D eigenvalue weighted by molar-refractivity contribution is -0.137. The van der Waals surface area contributed by atoms with Crippen LogP contribution in [-0.4, -0.2) is 43.6 Å². The first-order valence-corrected chi connectivity index (χ1v) is 11.6. The van der Waals surface area contributed by atoms with Crippen LogP contribution in [0.1, 0.15) is 36.1 Å². The Balaban J connectivity index is 1.51. The van der Waals surface area contributed by atoms with Crippen LogP contribution in [-0.2, 0) is 11.0 Å². The second-order valence-corrected chi connectivity index (χ2v) is 8.79. The molecule has 0 radical (unpaired) electrons. The molecule has 186 valence electrons. The summed E-state index contributed by atoms with van der Waals surface area (Å²) in [5.74, 6) is 0.570.